The first kappa shape index (κ1) is 11.4. The highest BCUT2D eigenvalue weighted by atomic mass is 35.5. The van der Waals surface area contributed by atoms with Crippen molar-refractivity contribution in [2.75, 3.05) is 13.7 Å². The van der Waals surface area contributed by atoms with Crippen molar-refractivity contribution in [3.63, 3.8) is 0 Å². The average Bonchev–Trinajstić information content (AvgIpc) is 2.81. The van der Waals surface area contributed by atoms with Gasteiger partial charge in [-0.1, -0.05) is 11.6 Å². The lowest BCUT2D eigenvalue weighted by Gasteiger charge is -2.11. The second kappa shape index (κ2) is 4.85. The molecular weight excluding hydrogens is 228 g/mol. The highest BCUT2D eigenvalue weighted by Gasteiger charge is 2.27. The van der Waals surface area contributed by atoms with E-state index in [0.717, 1.165) is 12.8 Å². The van der Waals surface area contributed by atoms with Gasteiger partial charge in [0.2, 0.25) is 0 Å². The summed E-state index contributed by atoms with van der Waals surface area (Å²) in [6, 6.07) is 5.03. The third-order valence-electron chi connectivity index (χ3n) is 2.65. The first-order valence-corrected chi connectivity index (χ1v) is 5.59. The number of hydrogen-bond donors (Lipinski definition) is 0. The first-order valence-electron chi connectivity index (χ1n) is 5.21. The quantitative estimate of drug-likeness (QED) is 0.762. The van der Waals surface area contributed by atoms with Crippen LogP contribution in [0, 0.1) is 0 Å². The van der Waals surface area contributed by atoms with Gasteiger partial charge in [0.25, 0.3) is 0 Å². The molecule has 2 rings (SSSR count). The van der Waals surface area contributed by atoms with Gasteiger partial charge >= 0.3 is 0 Å². The molecule has 0 N–H and O–H groups in total. The Morgan fingerprint density at radius 3 is 3.00 bits per heavy atom. The number of carbonyl (C=O) groups excluding carboxylic acids is 1. The van der Waals surface area contributed by atoms with Gasteiger partial charge in [-0.25, -0.2) is 0 Å². The normalized spacial score (nSPS) is 19.8. The molecule has 1 fully saturated rings. The minimum atomic E-state index is -0.340. The van der Waals surface area contributed by atoms with E-state index in [0.29, 0.717) is 22.9 Å². The molecule has 3 nitrogen and oxygen atoms in total. The number of hydrogen-bond acceptors (Lipinski definition) is 3. The van der Waals surface area contributed by atoms with E-state index in [1.807, 2.05) is 0 Å². The maximum Gasteiger partial charge on any atom is 0.195 e. The minimum Gasteiger partial charge on any atom is -0.496 e. The van der Waals surface area contributed by atoms with Crippen LogP contribution in [-0.2, 0) is 4.74 Å². The predicted molar refractivity (Wildman–Crippen MR) is 61.3 cm³/mol. The third-order valence-corrected chi connectivity index (χ3v) is 2.88. The van der Waals surface area contributed by atoms with Crippen LogP contribution < -0.4 is 4.74 Å². The van der Waals surface area contributed by atoms with E-state index in [2.05, 4.69) is 0 Å². The summed E-state index contributed by atoms with van der Waals surface area (Å²) in [5, 5.41) is 0.530. The molecule has 1 aliphatic heterocycles. The summed E-state index contributed by atoms with van der Waals surface area (Å²) in [4.78, 5) is 12.1. The van der Waals surface area contributed by atoms with E-state index < -0.39 is 0 Å². The summed E-state index contributed by atoms with van der Waals surface area (Å²) in [5.41, 5.74) is 0.502. The second-order valence-electron chi connectivity index (χ2n) is 3.71. The number of methoxy groups -OCH3 is 1. The molecule has 1 aromatic carbocycles. The monoisotopic (exact) mass is 240 g/mol. The van der Waals surface area contributed by atoms with Crippen LogP contribution in [0.3, 0.4) is 0 Å². The molecule has 0 aromatic heterocycles. The lowest BCUT2D eigenvalue weighted by atomic mass is 10.0. The van der Waals surface area contributed by atoms with Gasteiger partial charge in [-0.05, 0) is 31.0 Å². The fourth-order valence-electron chi connectivity index (χ4n) is 1.83. The maximum atomic E-state index is 12.1. The van der Waals surface area contributed by atoms with Gasteiger partial charge in [0, 0.05) is 11.6 Å². The van der Waals surface area contributed by atoms with Gasteiger partial charge in [-0.15, -0.1) is 0 Å². The molecular formula is C12H13ClO3. The van der Waals surface area contributed by atoms with Crippen molar-refractivity contribution < 1.29 is 14.3 Å². The molecule has 4 heteroatoms. The maximum absolute atomic E-state index is 12.1. The van der Waals surface area contributed by atoms with E-state index in [4.69, 9.17) is 21.1 Å². The van der Waals surface area contributed by atoms with Gasteiger partial charge in [0.15, 0.2) is 5.78 Å². The predicted octanol–water partition coefficient (Wildman–Crippen LogP) is 2.71. The highest BCUT2D eigenvalue weighted by Crippen LogP contribution is 2.26. The topological polar surface area (TPSA) is 35.5 Å². The highest BCUT2D eigenvalue weighted by molar-refractivity contribution is 6.31. The molecule has 1 heterocycles. The molecule has 1 atom stereocenters. The largest absolute Gasteiger partial charge is 0.496 e. The van der Waals surface area contributed by atoms with E-state index in [-0.39, 0.29) is 11.9 Å². The fraction of sp³-hybridized carbons (Fsp3) is 0.417. The van der Waals surface area contributed by atoms with E-state index >= 15 is 0 Å². The molecule has 1 aromatic rings. The summed E-state index contributed by atoms with van der Waals surface area (Å²) in [7, 11) is 1.54. The molecule has 0 radical (unpaired) electrons. The standard InChI is InChI=1S/C12H13ClO3/c1-15-10-5-4-8(13)7-9(10)12(14)11-3-2-6-16-11/h4-5,7,11H,2-3,6H2,1H3. The number of ketones is 1. The molecule has 1 aliphatic rings. The zero-order valence-corrected chi connectivity index (χ0v) is 9.79. The SMILES string of the molecule is COc1ccc(Cl)cc1C(=O)C1CCCO1. The molecule has 0 bridgehead atoms. The van der Waals surface area contributed by atoms with Crippen molar-refractivity contribution in [1.82, 2.24) is 0 Å². The molecule has 86 valence electrons. The summed E-state index contributed by atoms with van der Waals surface area (Å²) >= 11 is 5.88. The van der Waals surface area contributed by atoms with Crippen LogP contribution in [0.5, 0.6) is 5.75 Å². The van der Waals surface area contributed by atoms with Gasteiger partial charge in [-0.3, -0.25) is 4.79 Å². The smallest absolute Gasteiger partial charge is 0.195 e. The number of benzene rings is 1. The van der Waals surface area contributed by atoms with E-state index in [9.17, 15) is 4.79 Å². The number of halogens is 1. The van der Waals surface area contributed by atoms with Crippen LogP contribution in [0.15, 0.2) is 18.2 Å². The molecule has 16 heavy (non-hydrogen) atoms. The van der Waals surface area contributed by atoms with E-state index in [1.165, 1.54) is 7.11 Å². The van der Waals surface area contributed by atoms with Crippen molar-refractivity contribution in [3.8, 4) is 5.75 Å². The lowest BCUT2D eigenvalue weighted by molar-refractivity contribution is 0.0640. The Hall–Kier alpha value is -1.06. The zero-order valence-electron chi connectivity index (χ0n) is 9.03. The Kier molecular flexibility index (Phi) is 3.46. The first-order chi connectivity index (χ1) is 7.72. The molecule has 0 amide bonds. The van der Waals surface area contributed by atoms with Crippen LogP contribution in [0.25, 0.3) is 0 Å². The number of ether oxygens (including phenoxy) is 2. The van der Waals surface area contributed by atoms with Crippen molar-refractivity contribution in [2.24, 2.45) is 0 Å². The summed E-state index contributed by atoms with van der Waals surface area (Å²) in [5.74, 6) is 0.502. The Labute approximate surface area is 99.3 Å². The molecule has 0 aliphatic carbocycles. The Balaban J connectivity index is 2.30. The van der Waals surface area contributed by atoms with Crippen molar-refractivity contribution in [2.45, 2.75) is 18.9 Å². The van der Waals surface area contributed by atoms with Crippen LogP contribution in [-0.4, -0.2) is 25.6 Å². The lowest BCUT2D eigenvalue weighted by Crippen LogP contribution is -2.20. The van der Waals surface area contributed by atoms with Crippen LogP contribution in [0.4, 0.5) is 0 Å². The van der Waals surface area contributed by atoms with Crippen LogP contribution in [0.1, 0.15) is 23.2 Å². The molecule has 1 saturated heterocycles. The Morgan fingerprint density at radius 1 is 1.56 bits per heavy atom. The van der Waals surface area contributed by atoms with E-state index in [1.54, 1.807) is 18.2 Å². The van der Waals surface area contributed by atoms with Crippen LogP contribution >= 0.6 is 11.6 Å². The molecule has 0 saturated carbocycles. The second-order valence-corrected chi connectivity index (χ2v) is 4.15. The number of rotatable bonds is 3. The van der Waals surface area contributed by atoms with Gasteiger partial charge in [0.05, 0.1) is 12.7 Å². The Bertz CT molecular complexity index is 397. The molecule has 0 spiro atoms. The minimum absolute atomic E-state index is 0.0446. The Morgan fingerprint density at radius 2 is 2.38 bits per heavy atom. The summed E-state index contributed by atoms with van der Waals surface area (Å²) in [6.07, 6.45) is 1.36. The van der Waals surface area contributed by atoms with Crippen molar-refractivity contribution >= 4 is 17.4 Å². The van der Waals surface area contributed by atoms with Crippen LogP contribution in [0.2, 0.25) is 5.02 Å². The third kappa shape index (κ3) is 2.20. The summed E-state index contributed by atoms with van der Waals surface area (Å²) in [6.45, 7) is 0.652. The number of Topliss-reactive ketones (excluding diaryl/α,β-unsaturated/α-hetero) is 1. The average molecular weight is 241 g/mol. The van der Waals surface area contributed by atoms with Crippen molar-refractivity contribution in [1.29, 1.82) is 0 Å². The zero-order chi connectivity index (χ0) is 11.5. The van der Waals surface area contributed by atoms with Crippen molar-refractivity contribution in [3.05, 3.63) is 28.8 Å². The molecule has 1 unspecified atom stereocenters. The van der Waals surface area contributed by atoms with Gasteiger partial charge in [-0.2, -0.15) is 0 Å². The fourth-order valence-corrected chi connectivity index (χ4v) is 2.00. The number of carbonyl (C=O) groups is 1. The van der Waals surface area contributed by atoms with Gasteiger partial charge < -0.3 is 9.47 Å². The van der Waals surface area contributed by atoms with Gasteiger partial charge in [0.1, 0.15) is 11.9 Å². The summed E-state index contributed by atoms with van der Waals surface area (Å²) < 4.78 is 10.5.